The quantitative estimate of drug-likeness (QED) is 0.453. The van der Waals surface area contributed by atoms with E-state index in [9.17, 15) is 15.0 Å². The van der Waals surface area contributed by atoms with E-state index in [-0.39, 0.29) is 23.9 Å². The number of nitriles is 1. The van der Waals surface area contributed by atoms with Crippen LogP contribution in [0.2, 0.25) is 0 Å². The van der Waals surface area contributed by atoms with E-state index in [1.165, 1.54) is 11.3 Å². The summed E-state index contributed by atoms with van der Waals surface area (Å²) in [5.74, 6) is 0.640. The molecule has 1 aromatic heterocycles. The number of phenolic OH excluding ortho intramolecular Hbond substituents is 2. The Kier molecular flexibility index (Phi) is 4.90. The molecule has 0 radical (unpaired) electrons. The molecule has 0 saturated carbocycles. The maximum Gasteiger partial charge on any atom is 0.195 e. The Morgan fingerprint density at radius 1 is 0.966 bits per heavy atom. The average molecular weight is 401 g/mol. The lowest BCUT2D eigenvalue weighted by molar-refractivity contribution is 0.104. The lowest BCUT2D eigenvalue weighted by Crippen LogP contribution is -2.02. The molecule has 142 valence electrons. The highest BCUT2D eigenvalue weighted by Crippen LogP contribution is 2.41. The van der Waals surface area contributed by atoms with Crippen LogP contribution in [0.1, 0.15) is 15.9 Å². The van der Waals surface area contributed by atoms with Crippen LogP contribution in [0.25, 0.3) is 20.5 Å². The summed E-state index contributed by atoms with van der Waals surface area (Å²) in [5, 5.41) is 28.8. The largest absolute Gasteiger partial charge is 0.508 e. The normalized spacial score (nSPS) is 10.6. The fraction of sp³-hybridized carbons (Fsp3) is 0.0435. The second-order valence-corrected chi connectivity index (χ2v) is 7.39. The first-order valence-electron chi connectivity index (χ1n) is 8.76. The molecule has 29 heavy (non-hydrogen) atoms. The van der Waals surface area contributed by atoms with E-state index in [4.69, 9.17) is 10.00 Å². The van der Waals surface area contributed by atoms with Crippen LogP contribution >= 0.6 is 11.3 Å². The summed E-state index contributed by atoms with van der Waals surface area (Å²) in [4.78, 5) is 14.2. The van der Waals surface area contributed by atoms with Crippen molar-refractivity contribution in [3.05, 3.63) is 77.9 Å². The number of ether oxygens (including phenoxy) is 1. The Morgan fingerprint density at radius 2 is 1.66 bits per heavy atom. The predicted molar refractivity (Wildman–Crippen MR) is 112 cm³/mol. The van der Waals surface area contributed by atoms with Crippen molar-refractivity contribution in [2.24, 2.45) is 0 Å². The zero-order chi connectivity index (χ0) is 20.4. The van der Waals surface area contributed by atoms with Crippen molar-refractivity contribution in [1.29, 1.82) is 5.26 Å². The van der Waals surface area contributed by atoms with Gasteiger partial charge >= 0.3 is 0 Å². The first-order chi connectivity index (χ1) is 14.1. The Hall–Kier alpha value is -3.82. The van der Waals surface area contributed by atoms with Crippen molar-refractivity contribution in [3.8, 4) is 33.8 Å². The fourth-order valence-corrected chi connectivity index (χ4v) is 4.33. The van der Waals surface area contributed by atoms with Crippen LogP contribution in [0.4, 0.5) is 0 Å². The highest BCUT2D eigenvalue weighted by Gasteiger charge is 2.22. The van der Waals surface area contributed by atoms with Gasteiger partial charge in [-0.1, -0.05) is 0 Å². The molecule has 4 aromatic rings. The Labute approximate surface area is 170 Å². The minimum atomic E-state index is -0.156. The third-order valence-electron chi connectivity index (χ3n) is 4.45. The molecule has 0 aliphatic rings. The van der Waals surface area contributed by atoms with Crippen molar-refractivity contribution in [3.63, 3.8) is 0 Å². The highest BCUT2D eigenvalue weighted by atomic mass is 32.1. The zero-order valence-corrected chi connectivity index (χ0v) is 15.9. The number of nitrogens with zero attached hydrogens (tertiary/aromatic N) is 1. The van der Waals surface area contributed by atoms with Crippen LogP contribution in [-0.2, 0) is 0 Å². The van der Waals surface area contributed by atoms with Crippen LogP contribution in [0.15, 0.2) is 66.7 Å². The molecule has 3 aromatic carbocycles. The molecule has 0 saturated heterocycles. The van der Waals surface area contributed by atoms with Gasteiger partial charge in [0.2, 0.25) is 0 Å². The second-order valence-electron chi connectivity index (χ2n) is 6.33. The number of hydrogen-bond acceptors (Lipinski definition) is 6. The van der Waals surface area contributed by atoms with Crippen LogP contribution in [0.5, 0.6) is 17.2 Å². The molecule has 0 amide bonds. The molecule has 0 spiro atoms. The summed E-state index contributed by atoms with van der Waals surface area (Å²) in [6.45, 7) is -0.0586. The standard InChI is InChI=1S/C23H15NO4S/c24-11-12-28-18-8-3-14(4-9-18)22(27)21-19-10-7-17(26)13-20(19)29-23(21)15-1-5-16(25)6-2-15/h1-10,13,25-26H,12H2. The number of carbonyl (C=O) groups is 1. The van der Waals surface area contributed by atoms with Crippen LogP contribution < -0.4 is 4.74 Å². The minimum Gasteiger partial charge on any atom is -0.508 e. The number of fused-ring (bicyclic) bond motifs is 1. The van der Waals surface area contributed by atoms with Crippen LogP contribution in [0, 0.1) is 11.3 Å². The first kappa shape index (κ1) is 18.5. The topological polar surface area (TPSA) is 90.5 Å². The molecular weight excluding hydrogens is 386 g/mol. The molecular formula is C23H15NO4S. The summed E-state index contributed by atoms with van der Waals surface area (Å²) in [6.07, 6.45) is 0. The van der Waals surface area contributed by atoms with Gasteiger partial charge in [0.1, 0.15) is 23.3 Å². The summed E-state index contributed by atoms with van der Waals surface area (Å²) >= 11 is 1.41. The van der Waals surface area contributed by atoms with Gasteiger partial charge < -0.3 is 14.9 Å². The van der Waals surface area contributed by atoms with Gasteiger partial charge in [-0.2, -0.15) is 5.26 Å². The molecule has 0 atom stereocenters. The molecule has 5 nitrogen and oxygen atoms in total. The highest BCUT2D eigenvalue weighted by molar-refractivity contribution is 7.22. The number of aromatic hydroxyl groups is 2. The maximum absolute atomic E-state index is 13.4. The third kappa shape index (κ3) is 3.64. The van der Waals surface area contributed by atoms with E-state index < -0.39 is 0 Å². The number of hydrogen-bond donors (Lipinski definition) is 2. The molecule has 4 rings (SSSR count). The predicted octanol–water partition coefficient (Wildman–Crippen LogP) is 5.11. The number of ketones is 1. The second kappa shape index (κ2) is 7.66. The molecule has 6 heteroatoms. The monoisotopic (exact) mass is 401 g/mol. The van der Waals surface area contributed by atoms with Gasteiger partial charge in [0.05, 0.1) is 0 Å². The smallest absolute Gasteiger partial charge is 0.195 e. The molecule has 0 aliphatic carbocycles. The number of carbonyl (C=O) groups excluding carboxylic acids is 1. The molecule has 0 aliphatic heterocycles. The Balaban J connectivity index is 1.83. The van der Waals surface area contributed by atoms with Gasteiger partial charge in [0.15, 0.2) is 12.4 Å². The molecule has 0 bridgehead atoms. The summed E-state index contributed by atoms with van der Waals surface area (Å²) < 4.78 is 6.04. The summed E-state index contributed by atoms with van der Waals surface area (Å²) in [5.41, 5.74) is 1.84. The van der Waals surface area contributed by atoms with Crippen LogP contribution in [0.3, 0.4) is 0 Å². The van der Waals surface area contributed by atoms with Crippen molar-refractivity contribution in [2.45, 2.75) is 0 Å². The lowest BCUT2D eigenvalue weighted by atomic mass is 9.97. The number of benzene rings is 3. The third-order valence-corrected chi connectivity index (χ3v) is 5.65. The van der Waals surface area contributed by atoms with Crippen molar-refractivity contribution < 1.29 is 19.7 Å². The van der Waals surface area contributed by atoms with Crippen LogP contribution in [-0.4, -0.2) is 22.6 Å². The van der Waals surface area contributed by atoms with E-state index >= 15 is 0 Å². The lowest BCUT2D eigenvalue weighted by Gasteiger charge is -2.07. The van der Waals surface area contributed by atoms with Gasteiger partial charge in [0, 0.05) is 26.1 Å². The van der Waals surface area contributed by atoms with Gasteiger partial charge in [-0.25, -0.2) is 0 Å². The van der Waals surface area contributed by atoms with Gasteiger partial charge in [-0.05, 0) is 72.3 Å². The van der Waals surface area contributed by atoms with Gasteiger partial charge in [-0.15, -0.1) is 11.3 Å². The van der Waals surface area contributed by atoms with E-state index in [0.29, 0.717) is 16.9 Å². The summed E-state index contributed by atoms with van der Waals surface area (Å²) in [6, 6.07) is 20.2. The fourth-order valence-electron chi connectivity index (χ4n) is 3.09. The van der Waals surface area contributed by atoms with E-state index in [1.807, 2.05) is 6.07 Å². The molecule has 1 heterocycles. The first-order valence-corrected chi connectivity index (χ1v) is 9.58. The van der Waals surface area contributed by atoms with E-state index in [2.05, 4.69) is 0 Å². The minimum absolute atomic E-state index is 0.0586. The summed E-state index contributed by atoms with van der Waals surface area (Å²) in [7, 11) is 0. The average Bonchev–Trinajstić information content (AvgIpc) is 3.11. The van der Waals surface area contributed by atoms with Gasteiger partial charge in [-0.3, -0.25) is 4.79 Å². The van der Waals surface area contributed by atoms with Crippen molar-refractivity contribution in [2.75, 3.05) is 6.61 Å². The molecule has 0 unspecified atom stereocenters. The molecule has 2 N–H and O–H groups in total. The van der Waals surface area contributed by atoms with Crippen molar-refractivity contribution >= 4 is 27.2 Å². The number of thiophene rings is 1. The van der Waals surface area contributed by atoms with E-state index in [1.54, 1.807) is 66.7 Å². The Bertz CT molecular complexity index is 1240. The number of rotatable bonds is 5. The number of phenols is 2. The maximum atomic E-state index is 13.4. The molecule has 0 fully saturated rings. The zero-order valence-electron chi connectivity index (χ0n) is 15.1. The van der Waals surface area contributed by atoms with Gasteiger partial charge in [0.25, 0.3) is 0 Å². The Morgan fingerprint density at radius 3 is 2.34 bits per heavy atom. The van der Waals surface area contributed by atoms with Crippen molar-refractivity contribution in [1.82, 2.24) is 0 Å². The van der Waals surface area contributed by atoms with E-state index in [0.717, 1.165) is 20.5 Å². The SMILES string of the molecule is N#CCOc1ccc(C(=O)c2c(-c3ccc(O)cc3)sc3cc(O)ccc23)cc1.